The van der Waals surface area contributed by atoms with Gasteiger partial charge in [-0.25, -0.2) is 0 Å². The lowest BCUT2D eigenvalue weighted by atomic mass is 10.1. The van der Waals surface area contributed by atoms with Crippen LogP contribution in [0.1, 0.15) is 12.5 Å². The zero-order chi connectivity index (χ0) is 18.5. The number of rotatable bonds is 5. The summed E-state index contributed by atoms with van der Waals surface area (Å²) >= 11 is 0. The standard InChI is InChI=1S/C19H27N3O4/c1-15(20-9-11-26-12-10-20)19(24)22-8-7-21(18(23)14-22)13-16-3-5-17(25-2)6-4-16/h3-6,15H,7-14H2,1-2H3/t15-/m1/s1. The first-order valence-electron chi connectivity index (χ1n) is 9.10. The van der Waals surface area contributed by atoms with Gasteiger partial charge in [-0.2, -0.15) is 0 Å². The highest BCUT2D eigenvalue weighted by Gasteiger charge is 2.32. The molecule has 7 nitrogen and oxygen atoms in total. The van der Waals surface area contributed by atoms with Crippen molar-refractivity contribution in [3.63, 3.8) is 0 Å². The summed E-state index contributed by atoms with van der Waals surface area (Å²) in [6.07, 6.45) is 0. The van der Waals surface area contributed by atoms with Gasteiger partial charge in [-0.1, -0.05) is 12.1 Å². The number of nitrogens with zero attached hydrogens (tertiary/aromatic N) is 3. The summed E-state index contributed by atoms with van der Waals surface area (Å²) in [5.74, 6) is 0.825. The lowest BCUT2D eigenvalue weighted by Gasteiger charge is -2.38. The van der Waals surface area contributed by atoms with Gasteiger partial charge in [0.25, 0.3) is 0 Å². The maximum atomic E-state index is 12.7. The molecule has 7 heteroatoms. The van der Waals surface area contributed by atoms with Gasteiger partial charge in [0.15, 0.2) is 0 Å². The normalized spacial score (nSPS) is 20.2. The monoisotopic (exact) mass is 361 g/mol. The smallest absolute Gasteiger partial charge is 0.242 e. The van der Waals surface area contributed by atoms with Crippen LogP contribution < -0.4 is 4.74 Å². The highest BCUT2D eigenvalue weighted by molar-refractivity contribution is 5.88. The number of benzene rings is 1. The molecule has 0 aliphatic carbocycles. The fourth-order valence-corrected chi connectivity index (χ4v) is 3.40. The van der Waals surface area contributed by atoms with Crippen molar-refractivity contribution in [2.24, 2.45) is 0 Å². The van der Waals surface area contributed by atoms with Crippen molar-refractivity contribution < 1.29 is 19.1 Å². The Morgan fingerprint density at radius 2 is 1.85 bits per heavy atom. The molecular formula is C19H27N3O4. The van der Waals surface area contributed by atoms with Crippen molar-refractivity contribution in [3.05, 3.63) is 29.8 Å². The van der Waals surface area contributed by atoms with Gasteiger partial charge in [-0.3, -0.25) is 14.5 Å². The van der Waals surface area contributed by atoms with Crippen LogP contribution in [0.25, 0.3) is 0 Å². The largest absolute Gasteiger partial charge is 0.497 e. The molecule has 0 radical (unpaired) electrons. The second-order valence-electron chi connectivity index (χ2n) is 6.75. The Bertz CT molecular complexity index is 628. The fraction of sp³-hybridized carbons (Fsp3) is 0.579. The predicted molar refractivity (Wildman–Crippen MR) is 96.8 cm³/mol. The van der Waals surface area contributed by atoms with Crippen LogP contribution in [-0.4, -0.2) is 85.6 Å². The third-order valence-electron chi connectivity index (χ3n) is 5.11. The van der Waals surface area contributed by atoms with Crippen LogP contribution in [-0.2, 0) is 20.9 Å². The highest BCUT2D eigenvalue weighted by atomic mass is 16.5. The Balaban J connectivity index is 1.53. The quantitative estimate of drug-likeness (QED) is 0.768. The van der Waals surface area contributed by atoms with E-state index in [9.17, 15) is 9.59 Å². The lowest BCUT2D eigenvalue weighted by molar-refractivity contribution is -0.149. The van der Waals surface area contributed by atoms with E-state index >= 15 is 0 Å². The average Bonchev–Trinajstić information content (AvgIpc) is 2.69. The first kappa shape index (κ1) is 18.7. The van der Waals surface area contributed by atoms with Crippen LogP contribution in [0, 0.1) is 0 Å². The summed E-state index contributed by atoms with van der Waals surface area (Å²) < 4.78 is 10.5. The molecule has 0 saturated carbocycles. The summed E-state index contributed by atoms with van der Waals surface area (Å²) in [6.45, 7) is 6.62. The van der Waals surface area contributed by atoms with Gasteiger partial charge in [-0.05, 0) is 24.6 Å². The molecule has 1 aromatic rings. The average molecular weight is 361 g/mol. The van der Waals surface area contributed by atoms with Crippen molar-refractivity contribution in [2.45, 2.75) is 19.5 Å². The number of carbonyl (C=O) groups is 2. The second kappa shape index (κ2) is 8.51. The minimum atomic E-state index is -0.208. The minimum absolute atomic E-state index is 0.00500. The van der Waals surface area contributed by atoms with E-state index in [1.165, 1.54) is 0 Å². The zero-order valence-electron chi connectivity index (χ0n) is 15.5. The van der Waals surface area contributed by atoms with Gasteiger partial charge in [0, 0.05) is 32.7 Å². The van der Waals surface area contributed by atoms with Crippen molar-refractivity contribution in [2.75, 3.05) is 53.0 Å². The molecule has 0 aromatic heterocycles. The summed E-state index contributed by atoms with van der Waals surface area (Å²) in [7, 11) is 1.63. The van der Waals surface area contributed by atoms with Crippen molar-refractivity contribution in [3.8, 4) is 5.75 Å². The topological polar surface area (TPSA) is 62.3 Å². The van der Waals surface area contributed by atoms with Gasteiger partial charge >= 0.3 is 0 Å². The van der Waals surface area contributed by atoms with E-state index in [2.05, 4.69) is 4.90 Å². The number of morpholine rings is 1. The first-order valence-corrected chi connectivity index (χ1v) is 9.10. The Labute approximate surface area is 154 Å². The van der Waals surface area contributed by atoms with Crippen LogP contribution in [0.3, 0.4) is 0 Å². The Kier molecular flexibility index (Phi) is 6.11. The summed E-state index contributed by atoms with van der Waals surface area (Å²) in [5.41, 5.74) is 1.06. The van der Waals surface area contributed by atoms with Crippen molar-refractivity contribution in [1.82, 2.24) is 14.7 Å². The molecule has 0 spiro atoms. The maximum absolute atomic E-state index is 12.7. The third-order valence-corrected chi connectivity index (χ3v) is 5.11. The molecule has 1 atom stereocenters. The second-order valence-corrected chi connectivity index (χ2v) is 6.75. The molecule has 2 aliphatic rings. The molecule has 2 fully saturated rings. The maximum Gasteiger partial charge on any atom is 0.242 e. The summed E-state index contributed by atoms with van der Waals surface area (Å²) in [5, 5.41) is 0. The molecule has 2 saturated heterocycles. The molecule has 2 aliphatic heterocycles. The van der Waals surface area contributed by atoms with Crippen LogP contribution in [0.2, 0.25) is 0 Å². The van der Waals surface area contributed by atoms with Crippen LogP contribution in [0.4, 0.5) is 0 Å². The third kappa shape index (κ3) is 4.34. The first-order chi connectivity index (χ1) is 12.6. The van der Waals surface area contributed by atoms with E-state index < -0.39 is 0 Å². The highest BCUT2D eigenvalue weighted by Crippen LogP contribution is 2.16. The molecule has 0 N–H and O–H groups in total. The number of piperazine rings is 1. The molecule has 2 heterocycles. The zero-order valence-corrected chi connectivity index (χ0v) is 15.5. The Hall–Kier alpha value is -2.12. The number of hydrogen-bond acceptors (Lipinski definition) is 5. The molecule has 3 rings (SSSR count). The van der Waals surface area contributed by atoms with Crippen molar-refractivity contribution >= 4 is 11.8 Å². The van der Waals surface area contributed by atoms with E-state index in [4.69, 9.17) is 9.47 Å². The Morgan fingerprint density at radius 3 is 2.46 bits per heavy atom. The molecule has 142 valence electrons. The number of hydrogen-bond donors (Lipinski definition) is 0. The van der Waals surface area contributed by atoms with E-state index in [-0.39, 0.29) is 24.4 Å². The van der Waals surface area contributed by atoms with Crippen LogP contribution >= 0.6 is 0 Å². The molecule has 2 amide bonds. The van der Waals surface area contributed by atoms with Gasteiger partial charge in [0.05, 0.1) is 32.9 Å². The van der Waals surface area contributed by atoms with E-state index in [0.29, 0.717) is 32.8 Å². The number of amides is 2. The predicted octanol–water partition coefficient (Wildman–Crippen LogP) is 0.587. The SMILES string of the molecule is COc1ccc(CN2CCN(C(=O)[C@@H](C)N3CCOCC3)CC2=O)cc1. The summed E-state index contributed by atoms with van der Waals surface area (Å²) in [6, 6.07) is 7.50. The molecule has 0 bridgehead atoms. The molecule has 1 aromatic carbocycles. The number of ether oxygens (including phenoxy) is 2. The van der Waals surface area contributed by atoms with Crippen LogP contribution in [0.5, 0.6) is 5.75 Å². The van der Waals surface area contributed by atoms with Gasteiger partial charge in [-0.15, -0.1) is 0 Å². The van der Waals surface area contributed by atoms with E-state index in [1.54, 1.807) is 12.0 Å². The molecular weight excluding hydrogens is 334 g/mol. The molecule has 26 heavy (non-hydrogen) atoms. The molecule has 0 unspecified atom stereocenters. The number of methoxy groups -OCH3 is 1. The van der Waals surface area contributed by atoms with Crippen molar-refractivity contribution in [1.29, 1.82) is 0 Å². The van der Waals surface area contributed by atoms with Gasteiger partial charge in [0.2, 0.25) is 11.8 Å². The number of carbonyl (C=O) groups excluding carboxylic acids is 2. The van der Waals surface area contributed by atoms with Crippen LogP contribution in [0.15, 0.2) is 24.3 Å². The Morgan fingerprint density at radius 1 is 1.15 bits per heavy atom. The van der Waals surface area contributed by atoms with E-state index in [1.807, 2.05) is 36.1 Å². The van der Waals surface area contributed by atoms with E-state index in [0.717, 1.165) is 24.4 Å². The van der Waals surface area contributed by atoms with Gasteiger partial charge in [0.1, 0.15) is 5.75 Å². The fourth-order valence-electron chi connectivity index (χ4n) is 3.40. The lowest BCUT2D eigenvalue weighted by Crippen LogP contribution is -2.57. The summed E-state index contributed by atoms with van der Waals surface area (Å²) in [4.78, 5) is 30.9. The van der Waals surface area contributed by atoms with Gasteiger partial charge < -0.3 is 19.3 Å². The minimum Gasteiger partial charge on any atom is -0.497 e.